The Kier molecular flexibility index (Phi) is 4.06. The number of hydrogen-bond donors (Lipinski definition) is 3. The highest BCUT2D eigenvalue weighted by Gasteiger charge is 2.21. The molecule has 3 rings (SSSR count). The number of nitrogens with one attached hydrogen (secondary N) is 1. The molecular formula is C20H22N2O2. The lowest BCUT2D eigenvalue weighted by molar-refractivity contribution is 0.466. The fourth-order valence-electron chi connectivity index (χ4n) is 3.29. The van der Waals surface area contributed by atoms with Crippen molar-refractivity contribution in [3.8, 4) is 11.5 Å². The lowest BCUT2D eigenvalue weighted by Gasteiger charge is -2.20. The lowest BCUT2D eigenvalue weighted by atomic mass is 9.85. The van der Waals surface area contributed by atoms with Crippen LogP contribution in [0.2, 0.25) is 0 Å². The Hall–Kier alpha value is -2.75. The summed E-state index contributed by atoms with van der Waals surface area (Å²) in [6.45, 7) is 7.62. The molecule has 4 heteroatoms. The van der Waals surface area contributed by atoms with Gasteiger partial charge >= 0.3 is 0 Å². The molecule has 0 fully saturated rings. The monoisotopic (exact) mass is 322 g/mol. The summed E-state index contributed by atoms with van der Waals surface area (Å²) in [5.74, 6) is 0.629. The van der Waals surface area contributed by atoms with E-state index in [1.165, 1.54) is 0 Å². The van der Waals surface area contributed by atoms with Crippen LogP contribution in [0, 0.1) is 27.7 Å². The highest BCUT2D eigenvalue weighted by atomic mass is 16.3. The van der Waals surface area contributed by atoms with Gasteiger partial charge in [0.25, 0.3) is 0 Å². The predicted molar refractivity (Wildman–Crippen MR) is 94.7 cm³/mol. The molecule has 3 N–H and O–H groups in total. The molecule has 0 unspecified atom stereocenters. The quantitative estimate of drug-likeness (QED) is 0.675. The molecule has 0 saturated heterocycles. The van der Waals surface area contributed by atoms with Crippen LogP contribution in [-0.4, -0.2) is 20.2 Å². The van der Waals surface area contributed by atoms with Crippen molar-refractivity contribution in [3.05, 3.63) is 75.9 Å². The number of phenolic OH excluding ortho intramolecular Hbond substituents is 2. The molecule has 0 atom stereocenters. The Morgan fingerprint density at radius 3 is 1.54 bits per heavy atom. The average Bonchev–Trinajstić information content (AvgIpc) is 3.04. The van der Waals surface area contributed by atoms with Gasteiger partial charge in [0.1, 0.15) is 11.5 Å². The molecule has 3 aromatic rings. The van der Waals surface area contributed by atoms with Crippen LogP contribution in [0.1, 0.15) is 45.0 Å². The van der Waals surface area contributed by atoms with Gasteiger partial charge in [-0.05, 0) is 61.1 Å². The van der Waals surface area contributed by atoms with E-state index < -0.39 is 0 Å². The van der Waals surface area contributed by atoms with Crippen molar-refractivity contribution in [2.45, 2.75) is 33.6 Å². The standard InChI is InChI=1S/C20H22N2O2/c1-11-5-15(6-12(2)19(11)23)18(17-9-21-10-22-17)16-7-13(3)20(24)14(4)8-16/h5-10,18,23-24H,1-4H3,(H,21,22). The number of hydrogen-bond acceptors (Lipinski definition) is 3. The van der Waals surface area contributed by atoms with Crippen molar-refractivity contribution in [1.29, 1.82) is 0 Å². The molecule has 0 aliphatic carbocycles. The average molecular weight is 322 g/mol. The molecule has 0 bridgehead atoms. The second-order valence-electron chi connectivity index (χ2n) is 6.45. The van der Waals surface area contributed by atoms with E-state index in [-0.39, 0.29) is 5.92 Å². The summed E-state index contributed by atoms with van der Waals surface area (Å²) in [5.41, 5.74) is 6.53. The minimum Gasteiger partial charge on any atom is -0.507 e. The van der Waals surface area contributed by atoms with Crippen molar-refractivity contribution in [2.75, 3.05) is 0 Å². The number of benzene rings is 2. The summed E-state index contributed by atoms with van der Waals surface area (Å²) in [7, 11) is 0. The van der Waals surface area contributed by atoms with E-state index in [4.69, 9.17) is 0 Å². The molecule has 0 aliphatic heterocycles. The van der Waals surface area contributed by atoms with Crippen LogP contribution in [0.15, 0.2) is 36.8 Å². The molecule has 4 nitrogen and oxygen atoms in total. The maximum absolute atomic E-state index is 10.1. The summed E-state index contributed by atoms with van der Waals surface area (Å²) >= 11 is 0. The second-order valence-corrected chi connectivity index (χ2v) is 6.45. The van der Waals surface area contributed by atoms with Gasteiger partial charge in [-0.25, -0.2) is 4.98 Å². The van der Waals surface area contributed by atoms with Crippen LogP contribution in [0.25, 0.3) is 0 Å². The first-order valence-corrected chi connectivity index (χ1v) is 7.97. The number of nitrogens with zero attached hydrogens (tertiary/aromatic N) is 1. The number of H-pyrrole nitrogens is 1. The van der Waals surface area contributed by atoms with E-state index in [0.29, 0.717) is 11.5 Å². The third kappa shape index (κ3) is 2.75. The number of rotatable bonds is 3. The first-order valence-electron chi connectivity index (χ1n) is 7.97. The fraction of sp³-hybridized carbons (Fsp3) is 0.250. The van der Waals surface area contributed by atoms with E-state index in [2.05, 4.69) is 9.97 Å². The molecule has 0 radical (unpaired) electrons. The van der Waals surface area contributed by atoms with Crippen LogP contribution < -0.4 is 0 Å². The molecule has 124 valence electrons. The van der Waals surface area contributed by atoms with Crippen LogP contribution >= 0.6 is 0 Å². The van der Waals surface area contributed by atoms with E-state index >= 15 is 0 Å². The number of imidazole rings is 1. The highest BCUT2D eigenvalue weighted by molar-refractivity contribution is 5.51. The molecule has 0 saturated carbocycles. The number of aromatic hydroxyl groups is 2. The molecule has 0 aliphatic rings. The summed E-state index contributed by atoms with van der Waals surface area (Å²) in [6, 6.07) is 8.02. The minimum absolute atomic E-state index is 0.0384. The number of aromatic amines is 1. The first kappa shape index (κ1) is 16.1. The van der Waals surface area contributed by atoms with Gasteiger partial charge in [0.05, 0.1) is 12.2 Å². The SMILES string of the molecule is Cc1cc(C(c2cc(C)c(O)c(C)c2)c2cnc[nH]2)cc(C)c1O. The molecular weight excluding hydrogens is 300 g/mol. The molecule has 24 heavy (non-hydrogen) atoms. The van der Waals surface area contributed by atoms with E-state index in [1.54, 1.807) is 6.33 Å². The molecule has 1 heterocycles. The Balaban J connectivity index is 2.23. The van der Waals surface area contributed by atoms with Crippen molar-refractivity contribution >= 4 is 0 Å². The van der Waals surface area contributed by atoms with Gasteiger partial charge in [0.15, 0.2) is 0 Å². The van der Waals surface area contributed by atoms with Gasteiger partial charge in [-0.2, -0.15) is 0 Å². The zero-order valence-corrected chi connectivity index (χ0v) is 14.4. The topological polar surface area (TPSA) is 69.1 Å². The van der Waals surface area contributed by atoms with Gasteiger partial charge in [0, 0.05) is 11.9 Å². The van der Waals surface area contributed by atoms with Crippen molar-refractivity contribution in [3.63, 3.8) is 0 Å². The summed E-state index contributed by atoms with van der Waals surface area (Å²) in [6.07, 6.45) is 3.49. The van der Waals surface area contributed by atoms with E-state index in [9.17, 15) is 10.2 Å². The van der Waals surface area contributed by atoms with Gasteiger partial charge in [-0.1, -0.05) is 24.3 Å². The van der Waals surface area contributed by atoms with Gasteiger partial charge in [0.2, 0.25) is 0 Å². The Bertz CT molecular complexity index is 779. The maximum Gasteiger partial charge on any atom is 0.121 e. The van der Waals surface area contributed by atoms with Crippen molar-refractivity contribution < 1.29 is 10.2 Å². The molecule has 1 aromatic heterocycles. The molecule has 0 spiro atoms. The fourth-order valence-corrected chi connectivity index (χ4v) is 3.29. The minimum atomic E-state index is -0.0384. The maximum atomic E-state index is 10.1. The predicted octanol–water partition coefficient (Wildman–Crippen LogP) is 4.23. The largest absolute Gasteiger partial charge is 0.507 e. The smallest absolute Gasteiger partial charge is 0.121 e. The normalized spacial score (nSPS) is 11.2. The van der Waals surface area contributed by atoms with Gasteiger partial charge in [-0.15, -0.1) is 0 Å². The van der Waals surface area contributed by atoms with Crippen molar-refractivity contribution in [1.82, 2.24) is 9.97 Å². The number of aromatic nitrogens is 2. The van der Waals surface area contributed by atoms with Gasteiger partial charge < -0.3 is 15.2 Å². The van der Waals surface area contributed by atoms with E-state index in [0.717, 1.165) is 39.1 Å². The van der Waals surface area contributed by atoms with Crippen LogP contribution in [0.3, 0.4) is 0 Å². The zero-order chi connectivity index (χ0) is 17.4. The third-order valence-corrected chi connectivity index (χ3v) is 4.52. The lowest BCUT2D eigenvalue weighted by Crippen LogP contribution is -2.06. The van der Waals surface area contributed by atoms with Crippen LogP contribution in [0.5, 0.6) is 11.5 Å². The third-order valence-electron chi connectivity index (χ3n) is 4.52. The first-order chi connectivity index (χ1) is 11.4. The second kappa shape index (κ2) is 6.04. The Morgan fingerprint density at radius 2 is 1.21 bits per heavy atom. The van der Waals surface area contributed by atoms with Crippen molar-refractivity contribution in [2.24, 2.45) is 0 Å². The van der Waals surface area contributed by atoms with Crippen LogP contribution in [-0.2, 0) is 0 Å². The zero-order valence-electron chi connectivity index (χ0n) is 14.4. The summed E-state index contributed by atoms with van der Waals surface area (Å²) in [4.78, 5) is 7.37. The molecule has 0 amide bonds. The highest BCUT2D eigenvalue weighted by Crippen LogP contribution is 2.37. The number of aryl methyl sites for hydroxylation is 4. The summed E-state index contributed by atoms with van der Waals surface area (Å²) in [5, 5.41) is 20.2. The Labute approximate surface area is 141 Å². The number of phenols is 2. The van der Waals surface area contributed by atoms with E-state index in [1.807, 2.05) is 58.2 Å². The van der Waals surface area contributed by atoms with Crippen LogP contribution in [0.4, 0.5) is 0 Å². The Morgan fingerprint density at radius 1 is 0.792 bits per heavy atom. The summed E-state index contributed by atoms with van der Waals surface area (Å²) < 4.78 is 0. The van der Waals surface area contributed by atoms with Gasteiger partial charge in [-0.3, -0.25) is 0 Å². The molecule has 2 aromatic carbocycles.